The molecule has 9 aromatic carbocycles. The molecule has 0 fully saturated rings. The summed E-state index contributed by atoms with van der Waals surface area (Å²) in [6.07, 6.45) is 0. The number of benzene rings is 9. The maximum absolute atomic E-state index is 6.61. The second kappa shape index (κ2) is 14.5. The van der Waals surface area contributed by atoms with Crippen LogP contribution in [0, 0.1) is 0 Å². The van der Waals surface area contributed by atoms with Crippen LogP contribution in [0.3, 0.4) is 0 Å². The van der Waals surface area contributed by atoms with Crippen molar-refractivity contribution >= 4 is 50.1 Å². The number of anilines is 3. The smallest absolute Gasteiger partial charge is 0.227 e. The van der Waals surface area contributed by atoms with Crippen LogP contribution in [0.2, 0.25) is 0 Å². The normalized spacial score (nSPS) is 11.4. The van der Waals surface area contributed by atoms with Gasteiger partial charge in [-0.1, -0.05) is 158 Å². The highest BCUT2D eigenvalue weighted by Gasteiger charge is 2.22. The van der Waals surface area contributed by atoms with Gasteiger partial charge in [-0.15, -0.1) is 0 Å². The number of oxazole rings is 1. The van der Waals surface area contributed by atoms with Gasteiger partial charge in [0.05, 0.1) is 5.56 Å². The maximum Gasteiger partial charge on any atom is 0.227 e. The molecule has 0 aliphatic carbocycles. The van der Waals surface area contributed by atoms with Crippen molar-refractivity contribution in [3.63, 3.8) is 0 Å². The standard InChI is InChI=1S/C55H36N2O2/c1-4-13-37(14-5-1)39-23-25-40(26-24-39)41-27-31-45(32-28-41)57(47-20-12-19-44(35-47)38-15-6-2-7-16-38)46-33-29-42(30-34-46)52-53-49(48-21-10-11-22-51(48)58-53)36-50-54(52)59-55(56-50)43-17-8-3-9-18-43/h1-36H. The summed E-state index contributed by atoms with van der Waals surface area (Å²) in [7, 11) is 0. The van der Waals surface area contributed by atoms with Crippen molar-refractivity contribution in [3.8, 4) is 56.0 Å². The van der Waals surface area contributed by atoms with Gasteiger partial charge < -0.3 is 13.7 Å². The highest BCUT2D eigenvalue weighted by molar-refractivity contribution is 6.16. The number of aromatic nitrogens is 1. The third-order valence-corrected chi connectivity index (χ3v) is 11.1. The molecular weight excluding hydrogens is 721 g/mol. The molecule has 0 N–H and O–H groups in total. The van der Waals surface area contributed by atoms with E-state index in [9.17, 15) is 0 Å². The zero-order chi connectivity index (χ0) is 39.1. The lowest BCUT2D eigenvalue weighted by Crippen LogP contribution is -2.10. The van der Waals surface area contributed by atoms with E-state index in [-0.39, 0.29) is 0 Å². The molecule has 4 nitrogen and oxygen atoms in total. The Bertz CT molecular complexity index is 3220. The van der Waals surface area contributed by atoms with E-state index in [1.165, 1.54) is 22.3 Å². The number of hydrogen-bond donors (Lipinski definition) is 0. The molecule has 2 aromatic heterocycles. The van der Waals surface area contributed by atoms with Gasteiger partial charge in [-0.3, -0.25) is 0 Å². The Morgan fingerprint density at radius 1 is 0.322 bits per heavy atom. The Hall–Kier alpha value is -7.95. The first-order valence-electron chi connectivity index (χ1n) is 19.9. The summed E-state index contributed by atoms with van der Waals surface area (Å²) in [4.78, 5) is 7.31. The van der Waals surface area contributed by atoms with E-state index in [0.717, 1.165) is 72.3 Å². The molecule has 0 saturated carbocycles. The molecule has 0 saturated heterocycles. The van der Waals surface area contributed by atoms with E-state index in [1.54, 1.807) is 0 Å². The lowest BCUT2D eigenvalue weighted by molar-refractivity contribution is 0.619. The Morgan fingerprint density at radius 3 is 1.44 bits per heavy atom. The zero-order valence-corrected chi connectivity index (χ0v) is 32.0. The van der Waals surface area contributed by atoms with Crippen molar-refractivity contribution in [1.82, 2.24) is 4.98 Å². The quantitative estimate of drug-likeness (QED) is 0.155. The maximum atomic E-state index is 6.61. The molecule has 0 unspecified atom stereocenters. The minimum absolute atomic E-state index is 0.579. The number of rotatable bonds is 8. The predicted octanol–water partition coefficient (Wildman–Crippen LogP) is 15.5. The Balaban J connectivity index is 1.02. The highest BCUT2D eigenvalue weighted by atomic mass is 16.4. The van der Waals surface area contributed by atoms with Crippen LogP contribution in [0.25, 0.3) is 89.0 Å². The monoisotopic (exact) mass is 756 g/mol. The van der Waals surface area contributed by atoms with Gasteiger partial charge >= 0.3 is 0 Å². The molecule has 278 valence electrons. The van der Waals surface area contributed by atoms with E-state index < -0.39 is 0 Å². The third-order valence-electron chi connectivity index (χ3n) is 11.1. The van der Waals surface area contributed by atoms with E-state index in [2.05, 4.69) is 175 Å². The fourth-order valence-electron chi connectivity index (χ4n) is 8.18. The van der Waals surface area contributed by atoms with Crippen LogP contribution in [0.1, 0.15) is 0 Å². The van der Waals surface area contributed by atoms with Gasteiger partial charge in [0.2, 0.25) is 5.89 Å². The fraction of sp³-hybridized carbons (Fsp3) is 0. The van der Waals surface area contributed by atoms with Gasteiger partial charge in [-0.25, -0.2) is 4.98 Å². The lowest BCUT2D eigenvalue weighted by atomic mass is 9.99. The number of nitrogens with zero attached hydrogens (tertiary/aromatic N) is 2. The van der Waals surface area contributed by atoms with Crippen molar-refractivity contribution in [1.29, 1.82) is 0 Å². The lowest BCUT2D eigenvalue weighted by Gasteiger charge is -2.26. The number of hydrogen-bond acceptors (Lipinski definition) is 4. The van der Waals surface area contributed by atoms with Crippen molar-refractivity contribution < 1.29 is 8.83 Å². The fourth-order valence-corrected chi connectivity index (χ4v) is 8.18. The van der Waals surface area contributed by atoms with Crippen LogP contribution in [-0.2, 0) is 0 Å². The molecule has 11 aromatic rings. The molecular formula is C55H36N2O2. The van der Waals surface area contributed by atoms with Crippen LogP contribution in [-0.4, -0.2) is 4.98 Å². The average Bonchev–Trinajstić information content (AvgIpc) is 3.92. The summed E-state index contributed by atoms with van der Waals surface area (Å²) < 4.78 is 13.2. The van der Waals surface area contributed by atoms with Gasteiger partial charge in [0.15, 0.2) is 5.58 Å². The van der Waals surface area contributed by atoms with Crippen LogP contribution in [0.5, 0.6) is 0 Å². The Labute approximate surface area is 341 Å². The van der Waals surface area contributed by atoms with Crippen molar-refractivity contribution in [2.45, 2.75) is 0 Å². The molecule has 11 rings (SSSR count). The second-order valence-corrected chi connectivity index (χ2v) is 14.7. The van der Waals surface area contributed by atoms with Crippen LogP contribution < -0.4 is 4.90 Å². The molecule has 0 radical (unpaired) electrons. The molecule has 0 atom stereocenters. The van der Waals surface area contributed by atoms with Gasteiger partial charge in [0.1, 0.15) is 16.7 Å². The molecule has 2 heterocycles. The molecule has 0 aliphatic heterocycles. The minimum Gasteiger partial charge on any atom is -0.455 e. The van der Waals surface area contributed by atoms with Crippen molar-refractivity contribution in [2.24, 2.45) is 0 Å². The molecule has 0 spiro atoms. The first kappa shape index (κ1) is 34.3. The summed E-state index contributed by atoms with van der Waals surface area (Å²) in [5, 5.41) is 2.06. The van der Waals surface area contributed by atoms with Crippen molar-refractivity contribution in [2.75, 3.05) is 4.90 Å². The predicted molar refractivity (Wildman–Crippen MR) is 243 cm³/mol. The van der Waals surface area contributed by atoms with Gasteiger partial charge in [-0.2, -0.15) is 0 Å². The SMILES string of the molecule is c1ccc(-c2ccc(-c3ccc(N(c4ccc(-c5c6oc(-c7ccccc7)nc6cc6c5oc5ccccc56)cc4)c4cccc(-c5ccccc5)c4)cc3)cc2)cc1. The number of para-hydroxylation sites is 1. The largest absolute Gasteiger partial charge is 0.455 e. The molecule has 0 aliphatic rings. The van der Waals surface area contributed by atoms with Gasteiger partial charge in [0.25, 0.3) is 0 Å². The first-order valence-corrected chi connectivity index (χ1v) is 19.9. The van der Waals surface area contributed by atoms with Crippen LogP contribution >= 0.6 is 0 Å². The molecule has 0 bridgehead atoms. The van der Waals surface area contributed by atoms with Crippen molar-refractivity contribution in [3.05, 3.63) is 218 Å². The number of furan rings is 1. The van der Waals surface area contributed by atoms with Crippen LogP contribution in [0.4, 0.5) is 17.1 Å². The second-order valence-electron chi connectivity index (χ2n) is 14.7. The first-order chi connectivity index (χ1) is 29.2. The van der Waals surface area contributed by atoms with E-state index in [4.69, 9.17) is 13.8 Å². The van der Waals surface area contributed by atoms with Gasteiger partial charge in [0, 0.05) is 33.4 Å². The summed E-state index contributed by atoms with van der Waals surface area (Å²) in [5.74, 6) is 0.579. The molecule has 59 heavy (non-hydrogen) atoms. The zero-order valence-electron chi connectivity index (χ0n) is 32.0. The number of fused-ring (bicyclic) bond motifs is 4. The third kappa shape index (κ3) is 6.34. The summed E-state index contributed by atoms with van der Waals surface area (Å²) in [6.45, 7) is 0. The summed E-state index contributed by atoms with van der Waals surface area (Å²) in [6, 6.07) is 76.4. The summed E-state index contributed by atoms with van der Waals surface area (Å²) >= 11 is 0. The minimum atomic E-state index is 0.579. The average molecular weight is 757 g/mol. The molecule has 0 amide bonds. The van der Waals surface area contributed by atoms with E-state index >= 15 is 0 Å². The summed E-state index contributed by atoms with van der Waals surface area (Å²) in [5.41, 5.74) is 16.1. The Kier molecular flexibility index (Phi) is 8.45. The van der Waals surface area contributed by atoms with E-state index in [0.29, 0.717) is 11.5 Å². The van der Waals surface area contributed by atoms with E-state index in [1.807, 2.05) is 48.5 Å². The highest BCUT2D eigenvalue weighted by Crippen LogP contribution is 2.44. The topological polar surface area (TPSA) is 42.4 Å². The van der Waals surface area contributed by atoms with Crippen LogP contribution in [0.15, 0.2) is 227 Å². The molecule has 4 heteroatoms. The van der Waals surface area contributed by atoms with Gasteiger partial charge in [-0.05, 0) is 99.6 Å². The Morgan fingerprint density at radius 2 is 0.814 bits per heavy atom.